The summed E-state index contributed by atoms with van der Waals surface area (Å²) in [6.07, 6.45) is 0.600. The summed E-state index contributed by atoms with van der Waals surface area (Å²) < 4.78 is 44.2. The van der Waals surface area contributed by atoms with E-state index in [1.807, 2.05) is 6.92 Å². The molecule has 0 aliphatic carbocycles. The largest absolute Gasteiger partial charge is 0.493 e. The lowest BCUT2D eigenvalue weighted by atomic mass is 10.1. The van der Waals surface area contributed by atoms with E-state index in [1.54, 1.807) is 17.0 Å². The Balaban J connectivity index is 1.96. The number of carbonyl (C=O) groups is 1. The molecule has 0 spiro atoms. The Labute approximate surface area is 170 Å². The molecule has 29 heavy (non-hydrogen) atoms. The second kappa shape index (κ2) is 7.82. The number of ether oxygens (including phenoxy) is 3. The molecule has 1 aliphatic heterocycles. The number of benzene rings is 2. The van der Waals surface area contributed by atoms with Gasteiger partial charge in [-0.25, -0.2) is 8.42 Å². The predicted molar refractivity (Wildman–Crippen MR) is 110 cm³/mol. The van der Waals surface area contributed by atoms with Gasteiger partial charge in [0.15, 0.2) is 11.5 Å². The van der Waals surface area contributed by atoms with Gasteiger partial charge in [0.05, 0.1) is 31.9 Å². The van der Waals surface area contributed by atoms with Crippen molar-refractivity contribution in [1.82, 2.24) is 0 Å². The predicted octanol–water partition coefficient (Wildman–Crippen LogP) is 2.81. The maximum absolute atomic E-state index is 12.9. The van der Waals surface area contributed by atoms with Crippen LogP contribution in [-0.4, -0.2) is 41.7 Å². The van der Waals surface area contributed by atoms with Gasteiger partial charge in [-0.05, 0) is 37.1 Å². The molecule has 9 heteroatoms. The summed E-state index contributed by atoms with van der Waals surface area (Å²) in [6, 6.07) is 7.80. The Hall–Kier alpha value is -2.94. The van der Waals surface area contributed by atoms with E-state index < -0.39 is 10.0 Å². The maximum atomic E-state index is 12.9. The summed E-state index contributed by atoms with van der Waals surface area (Å²) in [5.41, 5.74) is 1.84. The highest BCUT2D eigenvalue weighted by molar-refractivity contribution is 7.92. The van der Waals surface area contributed by atoms with Gasteiger partial charge in [-0.2, -0.15) is 0 Å². The lowest BCUT2D eigenvalue weighted by Crippen LogP contribution is -2.33. The molecule has 156 valence electrons. The van der Waals surface area contributed by atoms with E-state index in [4.69, 9.17) is 14.2 Å². The van der Waals surface area contributed by atoms with Gasteiger partial charge in [0.2, 0.25) is 11.7 Å². The zero-order valence-corrected chi connectivity index (χ0v) is 17.8. The molecule has 2 aromatic rings. The van der Waals surface area contributed by atoms with Crippen LogP contribution in [0.4, 0.5) is 11.4 Å². The van der Waals surface area contributed by atoms with Crippen LogP contribution in [0.3, 0.4) is 0 Å². The number of rotatable bonds is 6. The van der Waals surface area contributed by atoms with Crippen LogP contribution in [-0.2, 0) is 21.2 Å². The monoisotopic (exact) mass is 420 g/mol. The number of nitrogens with zero attached hydrogens (tertiary/aromatic N) is 1. The third-order valence-electron chi connectivity index (χ3n) is 4.83. The lowest BCUT2D eigenvalue weighted by molar-refractivity contribution is -0.116. The Bertz CT molecular complexity index is 1030. The number of hydrogen-bond acceptors (Lipinski definition) is 6. The first-order chi connectivity index (χ1) is 13.7. The van der Waals surface area contributed by atoms with Crippen LogP contribution in [0.5, 0.6) is 17.2 Å². The zero-order valence-electron chi connectivity index (χ0n) is 17.0. The van der Waals surface area contributed by atoms with Crippen LogP contribution < -0.4 is 23.8 Å². The second-order valence-electron chi connectivity index (χ2n) is 6.75. The van der Waals surface area contributed by atoms with Crippen molar-refractivity contribution in [3.05, 3.63) is 35.9 Å². The van der Waals surface area contributed by atoms with Crippen molar-refractivity contribution in [1.29, 1.82) is 0 Å². The summed E-state index contributed by atoms with van der Waals surface area (Å²) in [5.74, 6) is 0.977. The number of hydrogen-bond donors (Lipinski definition) is 1. The molecule has 8 nitrogen and oxygen atoms in total. The van der Waals surface area contributed by atoms with Crippen LogP contribution in [0.25, 0.3) is 0 Å². The van der Waals surface area contributed by atoms with E-state index in [1.165, 1.54) is 46.5 Å². The summed E-state index contributed by atoms with van der Waals surface area (Å²) in [5, 5.41) is 0. The Morgan fingerprint density at radius 1 is 1.07 bits per heavy atom. The van der Waals surface area contributed by atoms with Crippen molar-refractivity contribution in [2.24, 2.45) is 0 Å². The molecule has 0 fully saturated rings. The van der Waals surface area contributed by atoms with Crippen LogP contribution in [0, 0.1) is 0 Å². The average Bonchev–Trinajstić information content (AvgIpc) is 3.01. The molecule has 1 N–H and O–H groups in total. The molecule has 1 amide bonds. The Kier molecular flexibility index (Phi) is 5.61. The van der Waals surface area contributed by atoms with Gasteiger partial charge < -0.3 is 19.1 Å². The topological polar surface area (TPSA) is 94.2 Å². The Morgan fingerprint density at radius 2 is 1.69 bits per heavy atom. The first-order valence-electron chi connectivity index (χ1n) is 8.97. The SMILES string of the molecule is COc1cc(NS(=O)(=O)c2ccc3c(c2)CC(C)N3C(C)=O)cc(OC)c1OC. The number of fused-ring (bicyclic) bond motifs is 1. The number of methoxy groups -OCH3 is 3. The molecule has 1 atom stereocenters. The van der Waals surface area contributed by atoms with Gasteiger partial charge in [-0.3, -0.25) is 9.52 Å². The minimum Gasteiger partial charge on any atom is -0.493 e. The van der Waals surface area contributed by atoms with E-state index in [-0.39, 0.29) is 22.5 Å². The van der Waals surface area contributed by atoms with Crippen molar-refractivity contribution in [2.75, 3.05) is 31.0 Å². The van der Waals surface area contributed by atoms with Crippen molar-refractivity contribution in [3.63, 3.8) is 0 Å². The fourth-order valence-electron chi connectivity index (χ4n) is 3.61. The van der Waals surface area contributed by atoms with E-state index in [0.29, 0.717) is 23.7 Å². The number of sulfonamides is 1. The lowest BCUT2D eigenvalue weighted by Gasteiger charge is -2.20. The van der Waals surface area contributed by atoms with E-state index in [9.17, 15) is 13.2 Å². The quantitative estimate of drug-likeness (QED) is 0.772. The third-order valence-corrected chi connectivity index (χ3v) is 6.21. The molecule has 0 saturated heterocycles. The molecule has 2 aromatic carbocycles. The van der Waals surface area contributed by atoms with Gasteiger partial charge >= 0.3 is 0 Å². The highest BCUT2D eigenvalue weighted by Gasteiger charge is 2.30. The third kappa shape index (κ3) is 3.82. The standard InChI is InChI=1S/C20H24N2O6S/c1-12-8-14-9-16(6-7-17(14)22(12)13(2)23)29(24,25)21-15-10-18(26-3)20(28-5)19(11-15)27-4/h6-7,9-12,21H,8H2,1-5H3. The zero-order chi connectivity index (χ0) is 21.3. The molecule has 1 unspecified atom stereocenters. The van der Waals surface area contributed by atoms with E-state index >= 15 is 0 Å². The molecule has 1 heterocycles. The highest BCUT2D eigenvalue weighted by Crippen LogP contribution is 2.40. The van der Waals surface area contributed by atoms with Crippen molar-refractivity contribution in [3.8, 4) is 17.2 Å². The molecule has 0 saturated carbocycles. The van der Waals surface area contributed by atoms with Crippen molar-refractivity contribution in [2.45, 2.75) is 31.2 Å². The van der Waals surface area contributed by atoms with Gasteiger partial charge in [0, 0.05) is 30.8 Å². The smallest absolute Gasteiger partial charge is 0.261 e. The molecule has 1 aliphatic rings. The number of anilines is 2. The van der Waals surface area contributed by atoms with Crippen LogP contribution >= 0.6 is 0 Å². The summed E-state index contributed by atoms with van der Waals surface area (Å²) in [7, 11) is 0.520. The van der Waals surface area contributed by atoms with Gasteiger partial charge in [0.1, 0.15) is 0 Å². The fourth-order valence-corrected chi connectivity index (χ4v) is 4.70. The van der Waals surface area contributed by atoms with Crippen molar-refractivity contribution >= 4 is 27.3 Å². The molecular formula is C20H24N2O6S. The second-order valence-corrected chi connectivity index (χ2v) is 8.43. The van der Waals surface area contributed by atoms with Crippen molar-refractivity contribution < 1.29 is 27.4 Å². The van der Waals surface area contributed by atoms with E-state index in [2.05, 4.69) is 4.72 Å². The minimum absolute atomic E-state index is 0.0106. The first-order valence-corrected chi connectivity index (χ1v) is 10.5. The number of nitrogens with one attached hydrogen (secondary N) is 1. The number of carbonyl (C=O) groups excluding carboxylic acids is 1. The first kappa shape index (κ1) is 20.8. The molecule has 3 rings (SSSR count). The molecule has 0 radical (unpaired) electrons. The normalized spacial score (nSPS) is 15.6. The molecule has 0 aromatic heterocycles. The highest BCUT2D eigenvalue weighted by atomic mass is 32.2. The minimum atomic E-state index is -3.87. The summed E-state index contributed by atoms with van der Waals surface area (Å²) in [4.78, 5) is 13.7. The van der Waals surface area contributed by atoms with Gasteiger partial charge in [0.25, 0.3) is 10.0 Å². The Morgan fingerprint density at radius 3 is 2.21 bits per heavy atom. The fraction of sp³-hybridized carbons (Fsp3) is 0.350. The average molecular weight is 420 g/mol. The number of amides is 1. The maximum Gasteiger partial charge on any atom is 0.261 e. The summed E-state index contributed by atoms with van der Waals surface area (Å²) in [6.45, 7) is 3.44. The summed E-state index contributed by atoms with van der Waals surface area (Å²) >= 11 is 0. The van der Waals surface area contributed by atoms with Gasteiger partial charge in [-0.15, -0.1) is 0 Å². The van der Waals surface area contributed by atoms with Gasteiger partial charge in [-0.1, -0.05) is 0 Å². The van der Waals surface area contributed by atoms with E-state index in [0.717, 1.165) is 11.3 Å². The van der Waals surface area contributed by atoms with Crippen LogP contribution in [0.2, 0.25) is 0 Å². The van der Waals surface area contributed by atoms with Crippen LogP contribution in [0.15, 0.2) is 35.2 Å². The van der Waals surface area contributed by atoms with Crippen LogP contribution in [0.1, 0.15) is 19.4 Å². The molecule has 0 bridgehead atoms. The molecular weight excluding hydrogens is 396 g/mol.